The number of aromatic nitrogens is 3. The van der Waals surface area contributed by atoms with Crippen molar-refractivity contribution in [1.29, 1.82) is 0 Å². The van der Waals surface area contributed by atoms with Crippen molar-refractivity contribution in [3.8, 4) is 11.4 Å². The standard InChI is InChI=1S/C22H20N4O/c1-27-15-18-7-3-2-6-17(18)14-24-22-19-8-4-5-9-20(19)25-21(26-22)16-10-12-23-13-11-16/h2-13H,14-15H2,1H3,(H,24,25,26). The van der Waals surface area contributed by atoms with Crippen LogP contribution in [0.5, 0.6) is 0 Å². The van der Waals surface area contributed by atoms with E-state index in [1.807, 2.05) is 48.5 Å². The molecule has 0 aliphatic heterocycles. The van der Waals surface area contributed by atoms with Gasteiger partial charge < -0.3 is 10.1 Å². The van der Waals surface area contributed by atoms with Gasteiger partial charge >= 0.3 is 0 Å². The first-order valence-electron chi connectivity index (χ1n) is 8.82. The number of anilines is 1. The number of pyridine rings is 1. The van der Waals surface area contributed by atoms with Gasteiger partial charge in [0.1, 0.15) is 5.82 Å². The van der Waals surface area contributed by atoms with Crippen LogP contribution >= 0.6 is 0 Å². The first-order chi connectivity index (χ1) is 13.3. The van der Waals surface area contributed by atoms with Crippen molar-refractivity contribution in [3.63, 3.8) is 0 Å². The molecule has 5 heteroatoms. The molecule has 0 fully saturated rings. The van der Waals surface area contributed by atoms with Gasteiger partial charge in [-0.2, -0.15) is 0 Å². The fourth-order valence-electron chi connectivity index (χ4n) is 3.05. The van der Waals surface area contributed by atoms with Gasteiger partial charge in [0.05, 0.1) is 12.1 Å². The molecule has 27 heavy (non-hydrogen) atoms. The van der Waals surface area contributed by atoms with Crippen LogP contribution in [0, 0.1) is 0 Å². The number of methoxy groups -OCH3 is 1. The van der Waals surface area contributed by atoms with Gasteiger partial charge in [-0.15, -0.1) is 0 Å². The first-order valence-corrected chi connectivity index (χ1v) is 8.82. The molecule has 0 bridgehead atoms. The van der Waals surface area contributed by atoms with Crippen LogP contribution in [0.2, 0.25) is 0 Å². The molecule has 0 spiro atoms. The number of ether oxygens (including phenoxy) is 1. The zero-order valence-electron chi connectivity index (χ0n) is 15.1. The van der Waals surface area contributed by atoms with E-state index in [0.29, 0.717) is 19.0 Å². The highest BCUT2D eigenvalue weighted by atomic mass is 16.5. The Kier molecular flexibility index (Phi) is 5.03. The van der Waals surface area contributed by atoms with E-state index in [1.54, 1.807) is 19.5 Å². The summed E-state index contributed by atoms with van der Waals surface area (Å²) < 4.78 is 5.31. The van der Waals surface area contributed by atoms with Crippen LogP contribution in [0.1, 0.15) is 11.1 Å². The fourth-order valence-corrected chi connectivity index (χ4v) is 3.05. The van der Waals surface area contributed by atoms with E-state index in [4.69, 9.17) is 14.7 Å². The van der Waals surface area contributed by atoms with Gasteiger partial charge in [-0.25, -0.2) is 9.97 Å². The Labute approximate surface area is 158 Å². The SMILES string of the molecule is COCc1ccccc1CNc1nc(-c2ccncc2)nc2ccccc12. The van der Waals surface area contributed by atoms with Gasteiger partial charge in [0.2, 0.25) is 0 Å². The van der Waals surface area contributed by atoms with Crippen molar-refractivity contribution in [2.24, 2.45) is 0 Å². The lowest BCUT2D eigenvalue weighted by molar-refractivity contribution is 0.184. The minimum absolute atomic E-state index is 0.588. The number of rotatable bonds is 6. The topological polar surface area (TPSA) is 59.9 Å². The average Bonchev–Trinajstić information content (AvgIpc) is 2.73. The fraction of sp³-hybridized carbons (Fsp3) is 0.136. The van der Waals surface area contributed by atoms with Crippen LogP contribution in [-0.2, 0) is 17.9 Å². The molecule has 0 amide bonds. The van der Waals surface area contributed by atoms with Crippen molar-refractivity contribution in [1.82, 2.24) is 15.0 Å². The maximum Gasteiger partial charge on any atom is 0.162 e. The number of hydrogen-bond acceptors (Lipinski definition) is 5. The second-order valence-electron chi connectivity index (χ2n) is 6.20. The first kappa shape index (κ1) is 17.1. The third-order valence-corrected chi connectivity index (χ3v) is 4.41. The predicted octanol–water partition coefficient (Wildman–Crippen LogP) is 4.45. The van der Waals surface area contributed by atoms with Crippen LogP contribution < -0.4 is 5.32 Å². The third kappa shape index (κ3) is 3.78. The summed E-state index contributed by atoms with van der Waals surface area (Å²) >= 11 is 0. The van der Waals surface area contributed by atoms with Crippen LogP contribution in [0.3, 0.4) is 0 Å². The van der Waals surface area contributed by atoms with E-state index in [1.165, 1.54) is 11.1 Å². The maximum atomic E-state index is 5.31. The minimum Gasteiger partial charge on any atom is -0.380 e. The van der Waals surface area contributed by atoms with E-state index >= 15 is 0 Å². The molecule has 0 radical (unpaired) electrons. The Bertz CT molecular complexity index is 1050. The van der Waals surface area contributed by atoms with Gasteiger partial charge in [0, 0.05) is 37.0 Å². The molecule has 4 aromatic rings. The molecule has 0 aliphatic rings. The molecule has 0 saturated carbocycles. The Morgan fingerprint density at radius 3 is 2.41 bits per heavy atom. The second kappa shape index (κ2) is 7.93. The normalized spacial score (nSPS) is 10.9. The molecule has 2 aromatic heterocycles. The molecule has 5 nitrogen and oxygen atoms in total. The number of nitrogens with one attached hydrogen (secondary N) is 1. The van der Waals surface area contributed by atoms with Crippen LogP contribution in [0.4, 0.5) is 5.82 Å². The molecular formula is C22H20N4O. The Balaban J connectivity index is 1.71. The second-order valence-corrected chi connectivity index (χ2v) is 6.20. The summed E-state index contributed by atoms with van der Waals surface area (Å²) in [6.07, 6.45) is 3.50. The Hall–Kier alpha value is -3.31. The number of benzene rings is 2. The molecular weight excluding hydrogens is 336 g/mol. The average molecular weight is 356 g/mol. The summed E-state index contributed by atoms with van der Waals surface area (Å²) in [5.74, 6) is 1.50. The smallest absolute Gasteiger partial charge is 0.162 e. The van der Waals surface area contributed by atoms with E-state index in [-0.39, 0.29) is 0 Å². The summed E-state index contributed by atoms with van der Waals surface area (Å²) in [7, 11) is 1.71. The molecule has 0 atom stereocenters. The number of para-hydroxylation sites is 1. The summed E-state index contributed by atoms with van der Waals surface area (Å²) in [4.78, 5) is 13.6. The summed E-state index contributed by atoms with van der Waals surface area (Å²) in [6.45, 7) is 1.25. The van der Waals surface area contributed by atoms with Gasteiger partial charge in [0.15, 0.2) is 5.82 Å². The molecule has 2 aromatic carbocycles. The van der Waals surface area contributed by atoms with E-state index in [9.17, 15) is 0 Å². The Morgan fingerprint density at radius 1 is 0.852 bits per heavy atom. The van der Waals surface area contributed by atoms with Crippen molar-refractivity contribution in [2.45, 2.75) is 13.2 Å². The monoisotopic (exact) mass is 356 g/mol. The van der Waals surface area contributed by atoms with Crippen LogP contribution in [0.15, 0.2) is 73.1 Å². The highest BCUT2D eigenvalue weighted by Gasteiger charge is 2.10. The van der Waals surface area contributed by atoms with Gasteiger partial charge in [-0.3, -0.25) is 4.98 Å². The van der Waals surface area contributed by atoms with Crippen LogP contribution in [-0.4, -0.2) is 22.1 Å². The largest absolute Gasteiger partial charge is 0.380 e. The maximum absolute atomic E-state index is 5.31. The van der Waals surface area contributed by atoms with Gasteiger partial charge in [-0.1, -0.05) is 36.4 Å². The molecule has 2 heterocycles. The molecule has 0 aliphatic carbocycles. The lowest BCUT2D eigenvalue weighted by atomic mass is 10.1. The van der Waals surface area contributed by atoms with Crippen LogP contribution in [0.25, 0.3) is 22.3 Å². The minimum atomic E-state index is 0.588. The summed E-state index contributed by atoms with van der Waals surface area (Å²) in [5, 5.41) is 4.49. The third-order valence-electron chi connectivity index (χ3n) is 4.41. The number of nitrogens with zero attached hydrogens (tertiary/aromatic N) is 3. The zero-order chi connectivity index (χ0) is 18.5. The molecule has 134 valence electrons. The molecule has 0 unspecified atom stereocenters. The highest BCUT2D eigenvalue weighted by Crippen LogP contribution is 2.25. The molecule has 4 rings (SSSR count). The number of hydrogen-bond donors (Lipinski definition) is 1. The highest BCUT2D eigenvalue weighted by molar-refractivity contribution is 5.90. The molecule has 0 saturated heterocycles. The number of fused-ring (bicyclic) bond motifs is 1. The van der Waals surface area contributed by atoms with Crippen molar-refractivity contribution >= 4 is 16.7 Å². The summed E-state index contributed by atoms with van der Waals surface area (Å²) in [5.41, 5.74) is 4.21. The van der Waals surface area contributed by atoms with E-state index in [2.05, 4.69) is 22.4 Å². The van der Waals surface area contributed by atoms with Gasteiger partial charge in [-0.05, 0) is 35.4 Å². The lowest BCUT2D eigenvalue weighted by Crippen LogP contribution is -2.06. The quantitative estimate of drug-likeness (QED) is 0.553. The lowest BCUT2D eigenvalue weighted by Gasteiger charge is -2.13. The van der Waals surface area contributed by atoms with Crippen molar-refractivity contribution < 1.29 is 4.74 Å². The van der Waals surface area contributed by atoms with Gasteiger partial charge in [0.25, 0.3) is 0 Å². The van der Waals surface area contributed by atoms with Crippen molar-refractivity contribution in [2.75, 3.05) is 12.4 Å². The van der Waals surface area contributed by atoms with E-state index in [0.717, 1.165) is 22.3 Å². The van der Waals surface area contributed by atoms with E-state index < -0.39 is 0 Å². The predicted molar refractivity (Wildman–Crippen MR) is 107 cm³/mol. The summed E-state index contributed by atoms with van der Waals surface area (Å²) in [6, 6.07) is 20.1. The zero-order valence-corrected chi connectivity index (χ0v) is 15.1. The Morgan fingerprint density at radius 2 is 1.59 bits per heavy atom. The van der Waals surface area contributed by atoms with Crippen molar-refractivity contribution in [3.05, 3.63) is 84.2 Å². The molecule has 1 N–H and O–H groups in total.